The van der Waals surface area contributed by atoms with Gasteiger partial charge in [0.2, 0.25) is 5.88 Å². The van der Waals surface area contributed by atoms with E-state index in [1.54, 1.807) is 11.8 Å². The molecule has 0 saturated heterocycles. The van der Waals surface area contributed by atoms with Crippen molar-refractivity contribution in [2.45, 2.75) is 125 Å². The number of fused-ring (bicyclic) bond motifs is 7. The summed E-state index contributed by atoms with van der Waals surface area (Å²) in [6, 6.07) is 5.66. The largest absolute Gasteiger partial charge is 0.476 e. The van der Waals surface area contributed by atoms with Gasteiger partial charge in [-0.15, -0.1) is 0 Å². The average molecular weight is 614 g/mol. The molecule has 1 heterocycles. The van der Waals surface area contributed by atoms with Gasteiger partial charge in [0, 0.05) is 12.3 Å². The zero-order chi connectivity index (χ0) is 31.7. The van der Waals surface area contributed by atoms with Crippen LogP contribution >= 0.6 is 0 Å². The molecular weight excluding hydrogens is 554 g/mol. The molecule has 5 unspecified atom stereocenters. The summed E-state index contributed by atoms with van der Waals surface area (Å²) in [7, 11) is 0. The lowest BCUT2D eigenvalue weighted by Gasteiger charge is -2.68. The molecule has 4 fully saturated rings. The van der Waals surface area contributed by atoms with E-state index < -0.39 is 5.41 Å². The first-order valence-electron chi connectivity index (χ1n) is 18.6. The second-order valence-corrected chi connectivity index (χ2v) is 17.6. The number of allylic oxidation sites excluding steroid dienone is 4. The lowest BCUT2D eigenvalue weighted by atomic mass is 9.36. The Balaban J connectivity index is 1.12. The third kappa shape index (κ3) is 4.88. The van der Waals surface area contributed by atoms with E-state index in [9.17, 15) is 4.79 Å². The Bertz CT molecular complexity index is 1350. The van der Waals surface area contributed by atoms with Gasteiger partial charge in [0.25, 0.3) is 0 Å². The van der Waals surface area contributed by atoms with E-state index in [1.807, 2.05) is 25.1 Å². The minimum Gasteiger partial charge on any atom is -0.476 e. The number of pyridine rings is 1. The van der Waals surface area contributed by atoms with E-state index in [-0.39, 0.29) is 11.4 Å². The Morgan fingerprint density at radius 1 is 0.867 bits per heavy atom. The average Bonchev–Trinajstić information content (AvgIpc) is 3.43. The van der Waals surface area contributed by atoms with Crippen molar-refractivity contribution in [3.63, 3.8) is 0 Å². The molecule has 9 atom stereocenters. The van der Waals surface area contributed by atoms with Gasteiger partial charge in [-0.2, -0.15) is 0 Å². The highest BCUT2D eigenvalue weighted by Gasteiger charge is 2.65. The second-order valence-electron chi connectivity index (χ2n) is 17.6. The van der Waals surface area contributed by atoms with Crippen molar-refractivity contribution >= 4 is 5.97 Å². The Labute approximate surface area is 273 Å². The van der Waals surface area contributed by atoms with Crippen LogP contribution in [0.25, 0.3) is 0 Å². The number of hydrogen-bond acceptors (Lipinski definition) is 4. The predicted molar refractivity (Wildman–Crippen MR) is 181 cm³/mol. The molecule has 4 saturated carbocycles. The number of aromatic nitrogens is 1. The number of rotatable bonds is 6. The van der Waals surface area contributed by atoms with Gasteiger partial charge in [0.1, 0.15) is 12.0 Å². The number of esters is 1. The highest BCUT2D eigenvalue weighted by atomic mass is 16.5. The van der Waals surface area contributed by atoms with Gasteiger partial charge in [-0.25, -0.2) is 4.98 Å². The van der Waals surface area contributed by atoms with E-state index >= 15 is 0 Å². The lowest BCUT2D eigenvalue weighted by Crippen LogP contribution is -2.61. The first-order chi connectivity index (χ1) is 21.5. The van der Waals surface area contributed by atoms with Crippen LogP contribution in [0.15, 0.2) is 47.7 Å². The molecule has 1 aromatic heterocycles. The van der Waals surface area contributed by atoms with Crippen LogP contribution in [0.5, 0.6) is 5.88 Å². The van der Waals surface area contributed by atoms with Crippen LogP contribution in [0.1, 0.15) is 125 Å². The summed E-state index contributed by atoms with van der Waals surface area (Å²) in [4.78, 5) is 17.7. The molecule has 0 bridgehead atoms. The molecule has 0 radical (unpaired) electrons. The minimum atomic E-state index is -0.661. The van der Waals surface area contributed by atoms with Crippen molar-refractivity contribution in [2.24, 2.45) is 56.7 Å². The Morgan fingerprint density at radius 3 is 2.44 bits per heavy atom. The summed E-state index contributed by atoms with van der Waals surface area (Å²) in [6.07, 6.45) is 23.4. The van der Waals surface area contributed by atoms with Gasteiger partial charge >= 0.3 is 5.97 Å². The fourth-order valence-corrected chi connectivity index (χ4v) is 13.2. The van der Waals surface area contributed by atoms with Gasteiger partial charge in [-0.1, -0.05) is 59.3 Å². The van der Waals surface area contributed by atoms with Crippen LogP contribution in [0.3, 0.4) is 0 Å². The molecule has 6 aliphatic carbocycles. The third-order valence-electron chi connectivity index (χ3n) is 15.3. The number of nitrogens with zero attached hydrogens (tertiary/aromatic N) is 1. The molecule has 0 aliphatic heterocycles. The van der Waals surface area contributed by atoms with Gasteiger partial charge in [0.05, 0.1) is 6.61 Å². The maximum Gasteiger partial charge on any atom is 0.315 e. The van der Waals surface area contributed by atoms with Crippen LogP contribution in [-0.2, 0) is 9.53 Å². The van der Waals surface area contributed by atoms with Crippen molar-refractivity contribution < 1.29 is 14.3 Å². The minimum absolute atomic E-state index is 0.127. The molecule has 6 aliphatic rings. The smallest absolute Gasteiger partial charge is 0.315 e. The van der Waals surface area contributed by atoms with Crippen LogP contribution in [-0.4, -0.2) is 24.2 Å². The van der Waals surface area contributed by atoms with Gasteiger partial charge < -0.3 is 9.47 Å². The van der Waals surface area contributed by atoms with Crippen molar-refractivity contribution in [1.82, 2.24) is 4.98 Å². The summed E-state index contributed by atoms with van der Waals surface area (Å²) in [5, 5.41) is 0. The summed E-state index contributed by atoms with van der Waals surface area (Å²) in [5.74, 6) is 4.86. The van der Waals surface area contributed by atoms with E-state index in [0.717, 1.165) is 36.5 Å². The quantitative estimate of drug-likeness (QED) is 0.300. The molecule has 45 heavy (non-hydrogen) atoms. The van der Waals surface area contributed by atoms with Crippen LogP contribution in [0, 0.1) is 56.7 Å². The maximum atomic E-state index is 13.4. The number of ether oxygens (including phenoxy) is 2. The summed E-state index contributed by atoms with van der Waals surface area (Å²) < 4.78 is 11.7. The van der Waals surface area contributed by atoms with Crippen molar-refractivity contribution in [3.05, 3.63) is 47.7 Å². The molecule has 0 spiro atoms. The highest BCUT2D eigenvalue weighted by molar-refractivity contribution is 5.78. The standard InChI is InChI=1S/C41H59NO3/c1-7-44-36(43)41(27-45-35-12-8-9-26-42-35)24-15-28(16-25-41)30-18-22-40(6)33(37(30,2)3)19-23-39(5)32-17-21-38(4)20-10-11-31(38)29(32)13-14-34(39)40/h8-9,12,15,18,26,29,31-34H,7,10-11,13-14,16-17,19-25,27H2,1-6H3/t29-,31?,32?,33?,34?,38-,39+,40+,41?/m1/s1. The van der Waals surface area contributed by atoms with Crippen molar-refractivity contribution in [1.29, 1.82) is 0 Å². The van der Waals surface area contributed by atoms with E-state index in [1.165, 1.54) is 69.8 Å². The van der Waals surface area contributed by atoms with Crippen LogP contribution in [0.2, 0.25) is 0 Å². The number of carbonyl (C=O) groups excluding carboxylic acids is 1. The molecule has 4 heteroatoms. The van der Waals surface area contributed by atoms with Gasteiger partial charge in [0.15, 0.2) is 0 Å². The monoisotopic (exact) mass is 613 g/mol. The molecule has 0 amide bonds. The summed E-state index contributed by atoms with van der Waals surface area (Å²) >= 11 is 0. The topological polar surface area (TPSA) is 48.4 Å². The first kappa shape index (κ1) is 31.5. The fourth-order valence-electron chi connectivity index (χ4n) is 13.2. The van der Waals surface area contributed by atoms with Crippen LogP contribution in [0.4, 0.5) is 0 Å². The number of hydrogen-bond donors (Lipinski definition) is 0. The molecule has 0 N–H and O–H groups in total. The Hall–Kier alpha value is -2.10. The molecule has 0 aromatic carbocycles. The highest BCUT2D eigenvalue weighted by Crippen LogP contribution is 2.73. The zero-order valence-electron chi connectivity index (χ0n) is 29.1. The van der Waals surface area contributed by atoms with E-state index in [4.69, 9.17) is 9.47 Å². The van der Waals surface area contributed by atoms with Crippen LogP contribution < -0.4 is 4.74 Å². The predicted octanol–water partition coefficient (Wildman–Crippen LogP) is 10.1. The normalized spacial score (nSPS) is 43.5. The molecule has 246 valence electrons. The van der Waals surface area contributed by atoms with Gasteiger partial charge in [-0.3, -0.25) is 4.79 Å². The summed E-state index contributed by atoms with van der Waals surface area (Å²) in [5.41, 5.74) is 3.99. The molecular formula is C41H59NO3. The van der Waals surface area contributed by atoms with Gasteiger partial charge in [-0.05, 0) is 152 Å². The first-order valence-corrected chi connectivity index (χ1v) is 18.6. The summed E-state index contributed by atoms with van der Waals surface area (Å²) in [6.45, 7) is 15.8. The Morgan fingerprint density at radius 2 is 1.71 bits per heavy atom. The maximum absolute atomic E-state index is 13.4. The zero-order valence-corrected chi connectivity index (χ0v) is 29.1. The van der Waals surface area contributed by atoms with E-state index in [2.05, 4.69) is 51.8 Å². The third-order valence-corrected chi connectivity index (χ3v) is 15.3. The van der Waals surface area contributed by atoms with E-state index in [0.29, 0.717) is 47.7 Å². The van der Waals surface area contributed by atoms with Crippen molar-refractivity contribution in [3.8, 4) is 5.88 Å². The second kappa shape index (κ2) is 11.3. The number of carbonyl (C=O) groups is 1. The molecule has 1 aromatic rings. The molecule has 4 nitrogen and oxygen atoms in total. The Kier molecular flexibility index (Phi) is 7.88. The fraction of sp³-hybridized carbons (Fsp3) is 0.756. The van der Waals surface area contributed by atoms with Crippen molar-refractivity contribution in [2.75, 3.05) is 13.2 Å². The SMILES string of the molecule is CCOC(=O)C1(COc2ccccn2)CC=C(C2=CC[C@@]3(C)C(CC[C@@]4(C)C5CC[C@@]6(C)CCCC6[C@H]5CCC43)C2(C)C)CC1. The lowest BCUT2D eigenvalue weighted by molar-refractivity contribution is -0.179. The molecule has 7 rings (SSSR count).